The molecule has 6 N–H and O–H groups in total. The van der Waals surface area contributed by atoms with E-state index >= 15 is 0 Å². The van der Waals surface area contributed by atoms with Gasteiger partial charge in [0.05, 0.1) is 0 Å². The van der Waals surface area contributed by atoms with E-state index < -0.39 is 0 Å². The van der Waals surface area contributed by atoms with Crippen LogP contribution in [0.2, 0.25) is 0 Å². The lowest BCUT2D eigenvalue weighted by Crippen LogP contribution is -2.06. The van der Waals surface area contributed by atoms with E-state index in [9.17, 15) is 0 Å². The molecule has 0 aromatic rings. The standard InChI is InChI=1S/C7H16N4S3.2ClH/c8-6(9)13-3-1-2-12-4-5-14-7(10)11;;/h1-5H2,(H3,8,9)(H3,10,11);2*1H. The van der Waals surface area contributed by atoms with E-state index in [0.717, 1.165) is 29.4 Å². The molecule has 0 bridgehead atoms. The van der Waals surface area contributed by atoms with Crippen molar-refractivity contribution in [2.24, 2.45) is 11.5 Å². The summed E-state index contributed by atoms with van der Waals surface area (Å²) in [5.74, 6) is 3.93. The predicted molar refractivity (Wildman–Crippen MR) is 85.2 cm³/mol. The summed E-state index contributed by atoms with van der Waals surface area (Å²) in [4.78, 5) is 0. The predicted octanol–water partition coefficient (Wildman–Crippen LogP) is 2.21. The second-order valence-corrected chi connectivity index (χ2v) is 5.89. The fourth-order valence-corrected chi connectivity index (χ4v) is 2.92. The van der Waals surface area contributed by atoms with Crippen LogP contribution in [0, 0.1) is 10.8 Å². The molecule has 0 rings (SSSR count). The minimum absolute atomic E-state index is 0. The second-order valence-electron chi connectivity index (χ2n) is 2.39. The van der Waals surface area contributed by atoms with Gasteiger partial charge in [-0.15, -0.1) is 24.8 Å². The highest BCUT2D eigenvalue weighted by molar-refractivity contribution is 8.14. The van der Waals surface area contributed by atoms with E-state index in [1.54, 1.807) is 0 Å². The average molecular weight is 325 g/mol. The molecular formula is C7H18Cl2N4S3. The fraction of sp³-hybridized carbons (Fsp3) is 0.714. The van der Waals surface area contributed by atoms with Crippen LogP contribution in [0.5, 0.6) is 0 Å². The Morgan fingerprint density at radius 2 is 1.31 bits per heavy atom. The van der Waals surface area contributed by atoms with Gasteiger partial charge < -0.3 is 11.5 Å². The first-order chi connectivity index (χ1) is 6.63. The number of halogens is 2. The van der Waals surface area contributed by atoms with Gasteiger partial charge in [0.15, 0.2) is 10.3 Å². The van der Waals surface area contributed by atoms with Crippen LogP contribution in [0.3, 0.4) is 0 Å². The van der Waals surface area contributed by atoms with Crippen LogP contribution in [0.4, 0.5) is 0 Å². The molecule has 0 radical (unpaired) electrons. The molecule has 0 saturated heterocycles. The third-order valence-corrected chi connectivity index (χ3v) is 4.03. The maximum atomic E-state index is 6.98. The number of rotatable bonds is 7. The number of hydrogen-bond acceptors (Lipinski definition) is 5. The zero-order chi connectivity index (χ0) is 10.8. The van der Waals surface area contributed by atoms with Crippen LogP contribution in [0.1, 0.15) is 6.42 Å². The summed E-state index contributed by atoms with van der Waals surface area (Å²) in [7, 11) is 0. The van der Waals surface area contributed by atoms with Gasteiger partial charge in [-0.1, -0.05) is 23.5 Å². The summed E-state index contributed by atoms with van der Waals surface area (Å²) < 4.78 is 0. The van der Waals surface area contributed by atoms with Crippen molar-refractivity contribution in [3.05, 3.63) is 0 Å². The third-order valence-electron chi connectivity index (χ3n) is 1.18. The fourth-order valence-electron chi connectivity index (χ4n) is 0.656. The first-order valence-electron chi connectivity index (χ1n) is 4.14. The van der Waals surface area contributed by atoms with Crippen molar-refractivity contribution < 1.29 is 0 Å². The second kappa shape index (κ2) is 15.6. The van der Waals surface area contributed by atoms with Crippen molar-refractivity contribution in [2.45, 2.75) is 6.42 Å². The molecule has 4 nitrogen and oxygen atoms in total. The highest BCUT2D eigenvalue weighted by Gasteiger charge is 1.94. The molecule has 0 saturated carbocycles. The summed E-state index contributed by atoms with van der Waals surface area (Å²) in [6, 6.07) is 0. The van der Waals surface area contributed by atoms with Gasteiger partial charge in [-0.05, 0) is 12.2 Å². The molecule has 0 heterocycles. The van der Waals surface area contributed by atoms with Crippen molar-refractivity contribution in [3.8, 4) is 0 Å². The lowest BCUT2D eigenvalue weighted by atomic mass is 10.6. The van der Waals surface area contributed by atoms with Crippen LogP contribution >= 0.6 is 60.1 Å². The lowest BCUT2D eigenvalue weighted by Gasteiger charge is -2.00. The Kier molecular flexibility index (Phi) is 21.2. The quantitative estimate of drug-likeness (QED) is 0.327. The number of nitrogens with one attached hydrogen (secondary N) is 2. The van der Waals surface area contributed by atoms with Gasteiger partial charge in [0.2, 0.25) is 0 Å². The third kappa shape index (κ3) is 20.0. The van der Waals surface area contributed by atoms with Crippen LogP contribution in [-0.4, -0.2) is 33.3 Å². The Morgan fingerprint density at radius 1 is 0.812 bits per heavy atom. The summed E-state index contributed by atoms with van der Waals surface area (Å²) in [5, 5.41) is 14.3. The van der Waals surface area contributed by atoms with E-state index in [1.165, 1.54) is 23.5 Å². The number of amidine groups is 2. The smallest absolute Gasteiger partial charge is 0.151 e. The van der Waals surface area contributed by atoms with Gasteiger partial charge in [-0.3, -0.25) is 10.8 Å². The summed E-state index contributed by atoms with van der Waals surface area (Å²) >= 11 is 4.62. The maximum Gasteiger partial charge on any atom is 0.151 e. The van der Waals surface area contributed by atoms with E-state index in [2.05, 4.69) is 0 Å². The zero-order valence-electron chi connectivity index (χ0n) is 8.73. The summed E-state index contributed by atoms with van der Waals surface area (Å²) in [6.45, 7) is 0. The van der Waals surface area contributed by atoms with E-state index in [1.807, 2.05) is 11.8 Å². The van der Waals surface area contributed by atoms with Gasteiger partial charge in [0.25, 0.3) is 0 Å². The van der Waals surface area contributed by atoms with Crippen LogP contribution in [0.25, 0.3) is 0 Å². The zero-order valence-corrected chi connectivity index (χ0v) is 12.8. The van der Waals surface area contributed by atoms with Gasteiger partial charge in [0.1, 0.15) is 0 Å². The number of thioether (sulfide) groups is 3. The van der Waals surface area contributed by atoms with E-state index in [0.29, 0.717) is 0 Å². The molecule has 0 amide bonds. The Hall–Kier alpha value is 0.570. The van der Waals surface area contributed by atoms with Crippen molar-refractivity contribution >= 4 is 70.4 Å². The van der Waals surface area contributed by atoms with Crippen LogP contribution in [0.15, 0.2) is 0 Å². The number of nitrogens with two attached hydrogens (primary N) is 2. The Balaban J connectivity index is -0.000000845. The van der Waals surface area contributed by atoms with Crippen molar-refractivity contribution in [1.82, 2.24) is 0 Å². The van der Waals surface area contributed by atoms with E-state index in [4.69, 9.17) is 22.3 Å². The molecule has 0 atom stereocenters. The van der Waals surface area contributed by atoms with Crippen LogP contribution in [-0.2, 0) is 0 Å². The highest BCUT2D eigenvalue weighted by Crippen LogP contribution is 2.09. The van der Waals surface area contributed by atoms with Gasteiger partial charge in [-0.2, -0.15) is 11.8 Å². The normalized spacial score (nSPS) is 8.75. The largest absolute Gasteiger partial charge is 0.379 e. The molecule has 0 aliphatic carbocycles. The summed E-state index contributed by atoms with van der Waals surface area (Å²) in [5.41, 5.74) is 10.4. The van der Waals surface area contributed by atoms with Gasteiger partial charge in [0, 0.05) is 17.3 Å². The van der Waals surface area contributed by atoms with Crippen molar-refractivity contribution in [1.29, 1.82) is 10.8 Å². The SMILES string of the molecule is Cl.Cl.N=C(N)SCCCSCCSC(=N)N. The van der Waals surface area contributed by atoms with Crippen molar-refractivity contribution in [3.63, 3.8) is 0 Å². The highest BCUT2D eigenvalue weighted by atomic mass is 35.5. The monoisotopic (exact) mass is 324 g/mol. The Bertz CT molecular complexity index is 174. The minimum atomic E-state index is 0. The minimum Gasteiger partial charge on any atom is -0.379 e. The van der Waals surface area contributed by atoms with Gasteiger partial charge >= 0.3 is 0 Å². The van der Waals surface area contributed by atoms with E-state index in [-0.39, 0.29) is 35.1 Å². The van der Waals surface area contributed by atoms with Gasteiger partial charge in [-0.25, -0.2) is 0 Å². The molecule has 0 aromatic heterocycles. The maximum absolute atomic E-state index is 6.98. The molecule has 16 heavy (non-hydrogen) atoms. The topological polar surface area (TPSA) is 99.7 Å². The molecule has 0 aromatic carbocycles. The lowest BCUT2D eigenvalue weighted by molar-refractivity contribution is 1.13. The molecular weight excluding hydrogens is 307 g/mol. The number of hydrogen-bond donors (Lipinski definition) is 4. The first-order valence-corrected chi connectivity index (χ1v) is 7.27. The Morgan fingerprint density at radius 3 is 1.81 bits per heavy atom. The molecule has 0 spiro atoms. The molecule has 0 aliphatic rings. The molecule has 0 aliphatic heterocycles. The molecule has 9 heteroatoms. The average Bonchev–Trinajstić information content (AvgIpc) is 2.08. The van der Waals surface area contributed by atoms with Crippen LogP contribution < -0.4 is 11.5 Å². The molecule has 0 fully saturated rings. The Labute approximate surface area is 122 Å². The molecule has 98 valence electrons. The van der Waals surface area contributed by atoms with Crippen molar-refractivity contribution in [2.75, 3.05) is 23.0 Å². The molecule has 0 unspecified atom stereocenters. The first kappa shape index (κ1) is 21.8. The summed E-state index contributed by atoms with van der Waals surface area (Å²) in [6.07, 6.45) is 1.07.